The summed E-state index contributed by atoms with van der Waals surface area (Å²) in [5.41, 5.74) is 2.75. The van der Waals surface area contributed by atoms with Gasteiger partial charge in [-0.25, -0.2) is 16.8 Å². The lowest BCUT2D eigenvalue weighted by Crippen LogP contribution is -2.35. The molecule has 0 fully saturated rings. The van der Waals surface area contributed by atoms with Gasteiger partial charge in [0.15, 0.2) is 0 Å². The zero-order valence-electron chi connectivity index (χ0n) is 16.2. The number of anilines is 2. The lowest BCUT2D eigenvalue weighted by Gasteiger charge is -2.30. The molecule has 0 unspecified atom stereocenters. The quantitative estimate of drug-likeness (QED) is 0.578. The van der Waals surface area contributed by atoms with E-state index in [2.05, 4.69) is 4.72 Å². The molecule has 0 aliphatic carbocycles. The number of sulfonamides is 2. The van der Waals surface area contributed by atoms with Crippen LogP contribution in [-0.4, -0.2) is 29.1 Å². The molecule has 0 saturated heterocycles. The molecule has 4 rings (SSSR count). The third-order valence-electron chi connectivity index (χ3n) is 4.98. The Kier molecular flexibility index (Phi) is 5.86. The number of fused-ring (bicyclic) bond motifs is 1. The van der Waals surface area contributed by atoms with E-state index in [-0.39, 0.29) is 9.96 Å². The van der Waals surface area contributed by atoms with Crippen LogP contribution in [-0.2, 0) is 32.9 Å². The largest absolute Gasteiger partial charge is 0.283 e. The van der Waals surface area contributed by atoms with Crippen molar-refractivity contribution < 1.29 is 16.8 Å². The Morgan fingerprint density at radius 2 is 1.77 bits per heavy atom. The van der Waals surface area contributed by atoms with Crippen molar-refractivity contribution in [2.24, 2.45) is 0 Å². The predicted octanol–water partition coefficient (Wildman–Crippen LogP) is 3.87. The van der Waals surface area contributed by atoms with Crippen molar-refractivity contribution in [3.63, 3.8) is 0 Å². The monoisotopic (exact) mass is 462 g/mol. The molecular formula is C21H22N2O4S3. The molecule has 2 heterocycles. The van der Waals surface area contributed by atoms with Crippen LogP contribution in [0, 0.1) is 0 Å². The Morgan fingerprint density at radius 3 is 2.50 bits per heavy atom. The fourth-order valence-corrected chi connectivity index (χ4v) is 7.23. The maximum Gasteiger partial charge on any atom is 0.273 e. The minimum absolute atomic E-state index is 0.0503. The number of nitrogens with zero attached hydrogens (tertiary/aromatic N) is 1. The normalized spacial score (nSPS) is 14.3. The van der Waals surface area contributed by atoms with Crippen LogP contribution in [0.5, 0.6) is 0 Å². The molecule has 158 valence electrons. The van der Waals surface area contributed by atoms with E-state index < -0.39 is 20.0 Å². The van der Waals surface area contributed by atoms with Crippen molar-refractivity contribution in [1.29, 1.82) is 0 Å². The molecule has 0 radical (unpaired) electrons. The average Bonchev–Trinajstić information content (AvgIpc) is 3.28. The lowest BCUT2D eigenvalue weighted by molar-refractivity contribution is 0.588. The Hall–Kier alpha value is -2.36. The highest BCUT2D eigenvalue weighted by Crippen LogP contribution is 2.35. The van der Waals surface area contributed by atoms with Gasteiger partial charge in [0.2, 0.25) is 10.0 Å². The number of hydrogen-bond donors (Lipinski definition) is 1. The first kappa shape index (κ1) is 20.9. The third-order valence-corrected chi connectivity index (χ3v) is 9.45. The van der Waals surface area contributed by atoms with Crippen LogP contribution in [0.25, 0.3) is 0 Å². The van der Waals surface area contributed by atoms with E-state index in [1.54, 1.807) is 35.7 Å². The Bertz CT molecular complexity index is 1220. The minimum atomic E-state index is -3.66. The number of hydrogen-bond acceptors (Lipinski definition) is 5. The van der Waals surface area contributed by atoms with Crippen molar-refractivity contribution in [2.45, 2.75) is 23.5 Å². The van der Waals surface area contributed by atoms with Gasteiger partial charge in [-0.05, 0) is 54.0 Å². The molecule has 1 aliphatic rings. The van der Waals surface area contributed by atoms with Crippen LogP contribution < -0.4 is 9.03 Å². The molecule has 30 heavy (non-hydrogen) atoms. The summed E-state index contributed by atoms with van der Waals surface area (Å²) in [6, 6.07) is 17.8. The smallest absolute Gasteiger partial charge is 0.273 e. The first-order valence-corrected chi connectivity index (χ1v) is 13.6. The van der Waals surface area contributed by atoms with E-state index in [0.717, 1.165) is 24.0 Å². The summed E-state index contributed by atoms with van der Waals surface area (Å²) in [4.78, 5) is 0. The Morgan fingerprint density at radius 1 is 0.967 bits per heavy atom. The molecule has 1 N–H and O–H groups in total. The number of rotatable bonds is 7. The molecule has 2 aromatic carbocycles. The molecule has 0 saturated carbocycles. The molecule has 0 spiro atoms. The van der Waals surface area contributed by atoms with Gasteiger partial charge in [0.25, 0.3) is 10.0 Å². The Balaban J connectivity index is 1.57. The topological polar surface area (TPSA) is 83.6 Å². The number of aryl methyl sites for hydroxylation is 2. The molecule has 6 nitrogen and oxygen atoms in total. The molecular weight excluding hydrogens is 440 g/mol. The molecule has 0 atom stereocenters. The van der Waals surface area contributed by atoms with E-state index in [1.165, 1.54) is 15.6 Å². The van der Waals surface area contributed by atoms with Gasteiger partial charge < -0.3 is 0 Å². The van der Waals surface area contributed by atoms with Crippen LogP contribution >= 0.6 is 11.3 Å². The average molecular weight is 463 g/mol. The summed E-state index contributed by atoms with van der Waals surface area (Å²) in [6.45, 7) is 0.372. The van der Waals surface area contributed by atoms with Gasteiger partial charge in [-0.15, -0.1) is 11.3 Å². The number of benzene rings is 2. The minimum Gasteiger partial charge on any atom is -0.283 e. The fraction of sp³-hybridized carbons (Fsp3) is 0.238. The molecule has 0 bridgehead atoms. The summed E-state index contributed by atoms with van der Waals surface area (Å²) in [5.74, 6) is -0.0503. The Labute approximate surface area is 181 Å². The summed E-state index contributed by atoms with van der Waals surface area (Å²) in [7, 11) is -7.24. The van der Waals surface area contributed by atoms with Gasteiger partial charge in [0.05, 0.1) is 17.1 Å². The second-order valence-electron chi connectivity index (χ2n) is 7.11. The highest BCUT2D eigenvalue weighted by atomic mass is 32.2. The molecule has 0 amide bonds. The van der Waals surface area contributed by atoms with Gasteiger partial charge in [0, 0.05) is 6.54 Å². The SMILES string of the molecule is O=S(=O)(CCc1ccccc1)Nc1ccc2c(c1)N(S(=O)(=O)c1cccs1)CCC2. The van der Waals surface area contributed by atoms with Crippen molar-refractivity contribution in [1.82, 2.24) is 0 Å². The van der Waals surface area contributed by atoms with Gasteiger partial charge in [-0.1, -0.05) is 42.5 Å². The highest BCUT2D eigenvalue weighted by molar-refractivity contribution is 7.94. The highest BCUT2D eigenvalue weighted by Gasteiger charge is 2.30. The second-order valence-corrected chi connectivity index (χ2v) is 12.0. The van der Waals surface area contributed by atoms with Crippen LogP contribution in [0.3, 0.4) is 0 Å². The summed E-state index contributed by atoms with van der Waals surface area (Å²) < 4.78 is 55.5. The van der Waals surface area contributed by atoms with Crippen molar-refractivity contribution in [3.05, 3.63) is 77.2 Å². The van der Waals surface area contributed by atoms with Crippen LogP contribution in [0.1, 0.15) is 17.5 Å². The number of nitrogens with one attached hydrogen (secondary N) is 1. The van der Waals surface area contributed by atoms with E-state index >= 15 is 0 Å². The van der Waals surface area contributed by atoms with E-state index in [4.69, 9.17) is 0 Å². The van der Waals surface area contributed by atoms with Crippen LogP contribution in [0.2, 0.25) is 0 Å². The first-order valence-electron chi connectivity index (χ1n) is 9.59. The third kappa shape index (κ3) is 4.53. The predicted molar refractivity (Wildman–Crippen MR) is 121 cm³/mol. The maximum atomic E-state index is 13.1. The van der Waals surface area contributed by atoms with E-state index in [9.17, 15) is 16.8 Å². The fourth-order valence-electron chi connectivity index (χ4n) is 3.50. The van der Waals surface area contributed by atoms with Crippen LogP contribution in [0.4, 0.5) is 11.4 Å². The first-order chi connectivity index (χ1) is 14.4. The van der Waals surface area contributed by atoms with Gasteiger partial charge in [0.1, 0.15) is 4.21 Å². The molecule has 1 aliphatic heterocycles. The van der Waals surface area contributed by atoms with Crippen molar-refractivity contribution in [2.75, 3.05) is 21.3 Å². The van der Waals surface area contributed by atoms with Crippen molar-refractivity contribution in [3.8, 4) is 0 Å². The zero-order chi connectivity index (χ0) is 21.2. The lowest BCUT2D eigenvalue weighted by atomic mass is 10.0. The van der Waals surface area contributed by atoms with Gasteiger partial charge in [-0.2, -0.15) is 0 Å². The maximum absolute atomic E-state index is 13.1. The second kappa shape index (κ2) is 8.41. The molecule has 3 aromatic rings. The summed E-state index contributed by atoms with van der Waals surface area (Å²) in [6.07, 6.45) is 1.88. The van der Waals surface area contributed by atoms with Gasteiger partial charge in [-0.3, -0.25) is 9.03 Å². The standard InChI is InChI=1S/C21H22N2O4S3/c24-29(25,15-12-17-6-2-1-3-7-17)22-19-11-10-18-8-4-13-23(20(18)16-19)30(26,27)21-9-5-14-28-21/h1-3,5-7,9-11,14,16,22H,4,8,12-13,15H2. The van der Waals surface area contributed by atoms with Gasteiger partial charge >= 0.3 is 0 Å². The molecule has 9 heteroatoms. The van der Waals surface area contributed by atoms with Crippen LogP contribution in [0.15, 0.2) is 70.3 Å². The van der Waals surface area contributed by atoms with Crippen molar-refractivity contribution >= 4 is 42.8 Å². The van der Waals surface area contributed by atoms with E-state index in [1.807, 2.05) is 30.3 Å². The summed E-state index contributed by atoms with van der Waals surface area (Å²) in [5, 5.41) is 1.73. The molecule has 1 aromatic heterocycles. The summed E-state index contributed by atoms with van der Waals surface area (Å²) >= 11 is 1.18. The number of thiophene rings is 1. The van der Waals surface area contributed by atoms with E-state index in [0.29, 0.717) is 24.3 Å². The zero-order valence-corrected chi connectivity index (χ0v) is 18.6.